The fraction of sp³-hybridized carbons (Fsp3) is 0.250. The van der Waals surface area contributed by atoms with E-state index in [4.69, 9.17) is 0 Å². The number of nitrogens with zero attached hydrogens (tertiary/aromatic N) is 3. The van der Waals surface area contributed by atoms with Crippen molar-refractivity contribution in [1.29, 1.82) is 5.26 Å². The number of rotatable bonds is 5. The highest BCUT2D eigenvalue weighted by atomic mass is 32.2. The molecule has 0 atom stereocenters. The molecule has 5 nitrogen and oxygen atoms in total. The minimum Gasteiger partial charge on any atom is -0.296 e. The molecule has 134 valence electrons. The zero-order valence-electron chi connectivity index (χ0n) is 14.5. The zero-order valence-corrected chi connectivity index (χ0v) is 15.3. The fourth-order valence-corrected chi connectivity index (χ4v) is 4.14. The van der Waals surface area contributed by atoms with Crippen molar-refractivity contribution >= 4 is 16.1 Å². The minimum absolute atomic E-state index is 0.455. The maximum atomic E-state index is 12.5. The lowest BCUT2D eigenvalue weighted by atomic mass is 10.1. The molecule has 3 rings (SSSR count). The maximum absolute atomic E-state index is 12.5. The second kappa shape index (κ2) is 8.28. The molecule has 1 saturated heterocycles. The predicted molar refractivity (Wildman–Crippen MR) is 102 cm³/mol. The first-order valence-corrected chi connectivity index (χ1v) is 10.0. The van der Waals surface area contributed by atoms with Gasteiger partial charge in [-0.25, -0.2) is 8.42 Å². The van der Waals surface area contributed by atoms with E-state index >= 15 is 0 Å². The van der Waals surface area contributed by atoms with Gasteiger partial charge >= 0.3 is 0 Å². The van der Waals surface area contributed by atoms with Gasteiger partial charge in [-0.15, -0.1) is 0 Å². The molecular formula is C20H21N3O2S. The van der Waals surface area contributed by atoms with Crippen LogP contribution in [0.2, 0.25) is 0 Å². The highest BCUT2D eigenvalue weighted by Crippen LogP contribution is 2.15. The quantitative estimate of drug-likeness (QED) is 0.815. The summed E-state index contributed by atoms with van der Waals surface area (Å²) in [6.45, 7) is 2.88. The molecule has 0 aliphatic carbocycles. The van der Waals surface area contributed by atoms with E-state index in [-0.39, 0.29) is 0 Å². The molecule has 1 aliphatic heterocycles. The lowest BCUT2D eigenvalue weighted by molar-refractivity contribution is 0.182. The summed E-state index contributed by atoms with van der Waals surface area (Å²) < 4.78 is 26.5. The van der Waals surface area contributed by atoms with Crippen LogP contribution in [0, 0.1) is 11.3 Å². The van der Waals surface area contributed by atoms with Crippen LogP contribution in [0.15, 0.2) is 60.0 Å². The van der Waals surface area contributed by atoms with E-state index in [0.717, 1.165) is 11.1 Å². The minimum atomic E-state index is -3.42. The molecule has 0 amide bonds. The van der Waals surface area contributed by atoms with Crippen molar-refractivity contribution in [2.24, 2.45) is 0 Å². The lowest BCUT2D eigenvalue weighted by Gasteiger charge is -2.33. The third-order valence-corrected chi connectivity index (χ3v) is 6.02. The van der Waals surface area contributed by atoms with Gasteiger partial charge in [-0.3, -0.25) is 4.90 Å². The third kappa shape index (κ3) is 4.58. The molecule has 0 unspecified atom stereocenters. The molecule has 0 bridgehead atoms. The van der Waals surface area contributed by atoms with Crippen LogP contribution >= 0.6 is 0 Å². The molecule has 1 fully saturated rings. The average Bonchev–Trinajstić information content (AvgIpc) is 2.68. The Morgan fingerprint density at radius 1 is 0.962 bits per heavy atom. The molecule has 2 aromatic rings. The van der Waals surface area contributed by atoms with Crippen molar-refractivity contribution < 1.29 is 8.42 Å². The van der Waals surface area contributed by atoms with Crippen LogP contribution in [0.3, 0.4) is 0 Å². The van der Waals surface area contributed by atoms with Gasteiger partial charge in [0.15, 0.2) is 0 Å². The first kappa shape index (κ1) is 18.3. The molecule has 0 spiro atoms. The molecule has 2 aromatic carbocycles. The molecular weight excluding hydrogens is 346 g/mol. The van der Waals surface area contributed by atoms with E-state index < -0.39 is 10.0 Å². The standard InChI is InChI=1S/C20H21N3O2S/c21-16-19-8-4-5-9-20(19)17-22-11-13-23(14-12-22)26(24,25)15-10-18-6-2-1-3-7-18/h1-10,15H,11-14,17H2/b15-10+. The number of piperazine rings is 1. The van der Waals surface area contributed by atoms with Crippen LogP contribution < -0.4 is 0 Å². The molecule has 6 heteroatoms. The first-order valence-electron chi connectivity index (χ1n) is 8.52. The van der Waals surface area contributed by atoms with E-state index in [1.54, 1.807) is 6.08 Å². The molecule has 0 aromatic heterocycles. The second-order valence-corrected chi connectivity index (χ2v) is 8.02. The topological polar surface area (TPSA) is 64.4 Å². The molecule has 0 radical (unpaired) electrons. The fourth-order valence-electron chi connectivity index (χ4n) is 2.97. The summed E-state index contributed by atoms with van der Waals surface area (Å²) in [5.41, 5.74) is 2.52. The maximum Gasteiger partial charge on any atom is 0.236 e. The highest BCUT2D eigenvalue weighted by molar-refractivity contribution is 7.92. The normalized spacial score (nSPS) is 16.6. The van der Waals surface area contributed by atoms with Gasteiger partial charge in [-0.05, 0) is 23.3 Å². The summed E-state index contributed by atoms with van der Waals surface area (Å²) in [4.78, 5) is 2.18. The van der Waals surface area contributed by atoms with Gasteiger partial charge in [0.25, 0.3) is 0 Å². The van der Waals surface area contributed by atoms with Crippen LogP contribution in [0.5, 0.6) is 0 Å². The van der Waals surface area contributed by atoms with Crippen LogP contribution in [-0.2, 0) is 16.6 Å². The Kier molecular flexibility index (Phi) is 5.84. The Bertz CT molecular complexity index is 910. The van der Waals surface area contributed by atoms with Crippen LogP contribution in [0.1, 0.15) is 16.7 Å². The average molecular weight is 367 g/mol. The SMILES string of the molecule is N#Cc1ccccc1CN1CCN(S(=O)(=O)/C=C/c2ccccc2)CC1. The van der Waals surface area contributed by atoms with Gasteiger partial charge in [0.05, 0.1) is 11.6 Å². The Labute approximate surface area is 154 Å². The Hall–Kier alpha value is -2.46. The number of hydrogen-bond acceptors (Lipinski definition) is 4. The van der Waals surface area contributed by atoms with E-state index in [1.807, 2.05) is 54.6 Å². The number of nitriles is 1. The van der Waals surface area contributed by atoms with Crippen molar-refractivity contribution in [3.05, 3.63) is 76.7 Å². The summed E-state index contributed by atoms with van der Waals surface area (Å²) in [5, 5.41) is 10.5. The van der Waals surface area contributed by atoms with Gasteiger partial charge in [-0.1, -0.05) is 48.5 Å². The summed E-state index contributed by atoms with van der Waals surface area (Å²) in [6.07, 6.45) is 1.63. The van der Waals surface area contributed by atoms with Crippen molar-refractivity contribution in [2.45, 2.75) is 6.54 Å². The van der Waals surface area contributed by atoms with E-state index in [0.29, 0.717) is 38.3 Å². The van der Waals surface area contributed by atoms with Crippen LogP contribution in [-0.4, -0.2) is 43.8 Å². The van der Waals surface area contributed by atoms with Crippen molar-refractivity contribution in [3.63, 3.8) is 0 Å². The Morgan fingerprint density at radius 3 is 2.31 bits per heavy atom. The van der Waals surface area contributed by atoms with E-state index in [9.17, 15) is 13.7 Å². The van der Waals surface area contributed by atoms with Crippen molar-refractivity contribution in [2.75, 3.05) is 26.2 Å². The molecule has 0 N–H and O–H groups in total. The second-order valence-electron chi connectivity index (χ2n) is 6.20. The number of sulfonamides is 1. The van der Waals surface area contributed by atoms with Gasteiger partial charge in [0, 0.05) is 38.1 Å². The lowest BCUT2D eigenvalue weighted by Crippen LogP contribution is -2.47. The first-order chi connectivity index (χ1) is 12.6. The smallest absolute Gasteiger partial charge is 0.236 e. The largest absolute Gasteiger partial charge is 0.296 e. The summed E-state index contributed by atoms with van der Waals surface area (Å²) in [6, 6.07) is 19.1. The third-order valence-electron chi connectivity index (χ3n) is 4.45. The summed E-state index contributed by atoms with van der Waals surface area (Å²) in [7, 11) is -3.42. The molecule has 0 saturated carbocycles. The van der Waals surface area contributed by atoms with E-state index in [2.05, 4.69) is 11.0 Å². The predicted octanol–water partition coefficient (Wildman–Crippen LogP) is 2.68. The van der Waals surface area contributed by atoms with Crippen LogP contribution in [0.4, 0.5) is 0 Å². The van der Waals surface area contributed by atoms with Gasteiger partial charge < -0.3 is 0 Å². The number of benzene rings is 2. The molecule has 1 heterocycles. The molecule has 26 heavy (non-hydrogen) atoms. The van der Waals surface area contributed by atoms with E-state index in [1.165, 1.54) is 9.71 Å². The zero-order chi connectivity index (χ0) is 18.4. The van der Waals surface area contributed by atoms with Gasteiger partial charge in [0.1, 0.15) is 0 Å². The Balaban J connectivity index is 1.59. The van der Waals surface area contributed by atoms with Gasteiger partial charge in [-0.2, -0.15) is 9.57 Å². The van der Waals surface area contributed by atoms with Gasteiger partial charge in [0.2, 0.25) is 10.0 Å². The Morgan fingerprint density at radius 2 is 1.62 bits per heavy atom. The number of hydrogen-bond donors (Lipinski definition) is 0. The van der Waals surface area contributed by atoms with Crippen molar-refractivity contribution in [3.8, 4) is 6.07 Å². The monoisotopic (exact) mass is 367 g/mol. The van der Waals surface area contributed by atoms with Crippen LogP contribution in [0.25, 0.3) is 6.08 Å². The molecule has 1 aliphatic rings. The summed E-state index contributed by atoms with van der Waals surface area (Å²) >= 11 is 0. The summed E-state index contributed by atoms with van der Waals surface area (Å²) in [5.74, 6) is 0. The van der Waals surface area contributed by atoms with Crippen molar-refractivity contribution in [1.82, 2.24) is 9.21 Å². The highest BCUT2D eigenvalue weighted by Gasteiger charge is 2.25.